The first-order chi connectivity index (χ1) is 31.7. The molecule has 3 N–H and O–H groups in total. The number of nitrogens with zero attached hydrogens (tertiary/aromatic N) is 6. The Balaban J connectivity index is 0.763. The second-order valence-electron chi connectivity index (χ2n) is 18.3. The number of imide groups is 1. The fourth-order valence-electron chi connectivity index (χ4n) is 10.2. The topological polar surface area (TPSA) is 180 Å². The smallest absolute Gasteiger partial charge is 0.293 e. The molecule has 19 heteroatoms. The Labute approximate surface area is 385 Å². The molecular formula is C47H54ClF2N9O7. The van der Waals surface area contributed by atoms with Gasteiger partial charge in [0.25, 0.3) is 17.4 Å². The highest BCUT2D eigenvalue weighted by molar-refractivity contribution is 6.33. The highest BCUT2D eigenvalue weighted by Crippen LogP contribution is 2.41. The van der Waals surface area contributed by atoms with Gasteiger partial charge in [-0.15, -0.1) is 0 Å². The molecule has 4 amide bonds. The van der Waals surface area contributed by atoms with E-state index in [0.29, 0.717) is 59.6 Å². The van der Waals surface area contributed by atoms with Crippen molar-refractivity contribution in [2.24, 2.45) is 0 Å². The van der Waals surface area contributed by atoms with Crippen LogP contribution in [0.1, 0.15) is 97.8 Å². The maximum atomic E-state index is 16.2. The number of carbonyl (C=O) groups excluding carboxylic acids is 4. The SMILES string of the molecule is CNC(=O)COc1cc2cc(Nc3nc(N4CCC(OC5CC(N6CC[C@@H](c7cc(C)c8c(c7F)CN([C@H]7CCC(=O)NC7=O)C8=O)[C@@H](F)C6)C5)CC4)ncc3Cl)ccc2n(C(C)C)c1=O. The zero-order valence-electron chi connectivity index (χ0n) is 37.4. The summed E-state index contributed by atoms with van der Waals surface area (Å²) < 4.78 is 46.0. The molecule has 16 nitrogen and oxygen atoms in total. The molecule has 3 saturated heterocycles. The number of pyridine rings is 1. The van der Waals surface area contributed by atoms with Crippen molar-refractivity contribution in [1.82, 2.24) is 35.0 Å². The van der Waals surface area contributed by atoms with Gasteiger partial charge in [-0.25, -0.2) is 13.8 Å². The maximum Gasteiger partial charge on any atom is 0.293 e. The molecule has 0 spiro atoms. The number of aryl methyl sites for hydroxylation is 1. The van der Waals surface area contributed by atoms with Crippen molar-refractivity contribution in [2.45, 2.75) is 115 Å². The average Bonchev–Trinajstić information content (AvgIpc) is 3.63. The first-order valence-electron chi connectivity index (χ1n) is 22.7. The van der Waals surface area contributed by atoms with Gasteiger partial charge in [0.05, 0.1) is 36.0 Å². The van der Waals surface area contributed by atoms with Crippen molar-refractivity contribution in [2.75, 3.05) is 50.1 Å². The summed E-state index contributed by atoms with van der Waals surface area (Å²) in [5.74, 6) is -1.94. The van der Waals surface area contributed by atoms with Crippen molar-refractivity contribution in [3.63, 3.8) is 0 Å². The Bertz CT molecular complexity index is 2650. The number of ether oxygens (including phenoxy) is 2. The first-order valence-corrected chi connectivity index (χ1v) is 23.1. The van der Waals surface area contributed by atoms with Crippen LogP contribution in [-0.2, 0) is 25.7 Å². The van der Waals surface area contributed by atoms with Crippen LogP contribution < -0.4 is 31.1 Å². The summed E-state index contributed by atoms with van der Waals surface area (Å²) in [6, 6.07) is 7.96. The fourth-order valence-corrected chi connectivity index (χ4v) is 10.3. The van der Waals surface area contributed by atoms with Crippen LogP contribution in [0.25, 0.3) is 10.9 Å². The number of anilines is 3. The van der Waals surface area contributed by atoms with Crippen LogP contribution in [0.15, 0.2) is 41.3 Å². The molecule has 1 saturated carbocycles. The fraction of sp³-hybridized carbons (Fsp3) is 0.511. The van der Waals surface area contributed by atoms with E-state index in [-0.39, 0.29) is 90.7 Å². The zero-order chi connectivity index (χ0) is 46.6. The van der Waals surface area contributed by atoms with Crippen LogP contribution in [0.3, 0.4) is 0 Å². The van der Waals surface area contributed by atoms with Gasteiger partial charge < -0.3 is 34.5 Å². The Hall–Kier alpha value is -5.72. The minimum atomic E-state index is -1.29. The van der Waals surface area contributed by atoms with Crippen molar-refractivity contribution < 1.29 is 37.4 Å². The molecule has 66 heavy (non-hydrogen) atoms. The molecule has 0 bridgehead atoms. The highest BCUT2D eigenvalue weighted by atomic mass is 35.5. The number of aromatic nitrogens is 3. The van der Waals surface area contributed by atoms with Gasteiger partial charge in [-0.05, 0) is 101 Å². The van der Waals surface area contributed by atoms with Gasteiger partial charge in [0, 0.05) is 67.7 Å². The number of likely N-dealkylation sites (N-methyl/N-ethyl adjacent to an activating group) is 1. The lowest BCUT2D eigenvalue weighted by atomic mass is 9.81. The Morgan fingerprint density at radius 3 is 2.52 bits per heavy atom. The highest BCUT2D eigenvalue weighted by Gasteiger charge is 2.45. The Morgan fingerprint density at radius 2 is 1.80 bits per heavy atom. The van der Waals surface area contributed by atoms with Gasteiger partial charge in [-0.2, -0.15) is 4.98 Å². The van der Waals surface area contributed by atoms with E-state index in [2.05, 4.69) is 30.7 Å². The molecule has 0 radical (unpaired) electrons. The number of hydrogen-bond donors (Lipinski definition) is 3. The van der Waals surface area contributed by atoms with Gasteiger partial charge in [-0.1, -0.05) is 17.7 Å². The Kier molecular flexibility index (Phi) is 12.7. The molecule has 0 unspecified atom stereocenters. The molecule has 350 valence electrons. The van der Waals surface area contributed by atoms with Crippen molar-refractivity contribution >= 4 is 63.6 Å². The summed E-state index contributed by atoms with van der Waals surface area (Å²) in [5.41, 5.74) is 2.33. The van der Waals surface area contributed by atoms with E-state index >= 15 is 8.78 Å². The van der Waals surface area contributed by atoms with Crippen LogP contribution in [0.4, 0.5) is 26.2 Å². The number of fused-ring (bicyclic) bond motifs is 2. The number of benzene rings is 2. The average molecular weight is 930 g/mol. The number of amides is 4. The number of nitrogens with one attached hydrogen (secondary N) is 3. The quantitative estimate of drug-likeness (QED) is 0.153. The summed E-state index contributed by atoms with van der Waals surface area (Å²) in [6.07, 6.45) is 4.29. The van der Waals surface area contributed by atoms with Gasteiger partial charge in [0.2, 0.25) is 17.8 Å². The summed E-state index contributed by atoms with van der Waals surface area (Å²) in [5, 5.41) is 9.14. The predicted molar refractivity (Wildman–Crippen MR) is 243 cm³/mol. The Morgan fingerprint density at radius 1 is 1.03 bits per heavy atom. The molecule has 2 aromatic carbocycles. The second-order valence-corrected chi connectivity index (χ2v) is 18.7. The van der Waals surface area contributed by atoms with E-state index in [1.807, 2.05) is 32.0 Å². The van der Waals surface area contributed by atoms with Gasteiger partial charge in [0.1, 0.15) is 23.1 Å². The van der Waals surface area contributed by atoms with Crippen LogP contribution in [0.2, 0.25) is 5.02 Å². The number of rotatable bonds is 12. The molecule has 2 aromatic heterocycles. The number of carbonyl (C=O) groups is 4. The van der Waals surface area contributed by atoms with Crippen LogP contribution in [-0.4, -0.2) is 118 Å². The maximum absolute atomic E-state index is 16.2. The molecule has 5 aliphatic rings. The number of halogens is 3. The first kappa shape index (κ1) is 45.4. The second kappa shape index (κ2) is 18.5. The third-order valence-electron chi connectivity index (χ3n) is 13.8. The standard InChI is InChI=1S/C47H54ClF2N9O7/c1-24(2)59-36-6-5-27(16-26(36)17-38(45(59)63)65-23-40(61)51-4)53-43-34(48)20-52-47(55-43)56-12-9-29(10-13-56)66-30-18-28(19-30)57-14-11-31(35(49)22-57)32-15-25(3)41-33(42(32)50)21-58(46(41)64)37-7-8-39(60)54-44(37)62/h5-6,15-17,20,24,28-31,35,37H,7-14,18-19,21-23H2,1-4H3,(H,51,61)(H,52,53,55)(H,54,60,62)/t28?,30?,31-,35-,37-/m0/s1. The number of likely N-dealkylation sites (tertiary alicyclic amines) is 1. The predicted octanol–water partition coefficient (Wildman–Crippen LogP) is 5.45. The van der Waals surface area contributed by atoms with Crippen molar-refractivity contribution in [1.29, 1.82) is 0 Å². The van der Waals surface area contributed by atoms with Crippen molar-refractivity contribution in [3.05, 3.63) is 80.0 Å². The lowest BCUT2D eigenvalue weighted by Gasteiger charge is -2.47. The number of hydrogen-bond acceptors (Lipinski definition) is 12. The molecule has 6 heterocycles. The molecule has 4 aromatic rings. The molecule has 4 aliphatic heterocycles. The number of alkyl halides is 1. The normalized spacial score (nSPS) is 23.8. The van der Waals surface area contributed by atoms with E-state index < -0.39 is 41.7 Å². The largest absolute Gasteiger partial charge is 0.478 e. The van der Waals surface area contributed by atoms with Gasteiger partial charge in [-0.3, -0.25) is 34.2 Å². The minimum absolute atomic E-state index is 0.0617. The van der Waals surface area contributed by atoms with E-state index in [1.54, 1.807) is 29.8 Å². The third kappa shape index (κ3) is 8.82. The minimum Gasteiger partial charge on any atom is -0.478 e. The van der Waals surface area contributed by atoms with E-state index in [9.17, 15) is 24.0 Å². The van der Waals surface area contributed by atoms with E-state index in [0.717, 1.165) is 31.1 Å². The lowest BCUT2D eigenvalue weighted by molar-refractivity contribution is -0.137. The van der Waals surface area contributed by atoms with Gasteiger partial charge >= 0.3 is 0 Å². The van der Waals surface area contributed by atoms with E-state index in [1.165, 1.54) is 11.9 Å². The third-order valence-corrected chi connectivity index (χ3v) is 14.1. The zero-order valence-corrected chi connectivity index (χ0v) is 38.1. The summed E-state index contributed by atoms with van der Waals surface area (Å²) >= 11 is 6.59. The summed E-state index contributed by atoms with van der Waals surface area (Å²) in [7, 11) is 1.50. The monoisotopic (exact) mass is 929 g/mol. The molecule has 1 aliphatic carbocycles. The van der Waals surface area contributed by atoms with Crippen molar-refractivity contribution in [3.8, 4) is 5.75 Å². The molecule has 4 fully saturated rings. The van der Waals surface area contributed by atoms with Crippen LogP contribution in [0.5, 0.6) is 5.75 Å². The molecule has 9 rings (SSSR count). The molecule has 3 atom stereocenters. The van der Waals surface area contributed by atoms with Crippen LogP contribution in [0, 0.1) is 12.7 Å². The van der Waals surface area contributed by atoms with Crippen LogP contribution >= 0.6 is 11.6 Å². The molecular weight excluding hydrogens is 876 g/mol. The summed E-state index contributed by atoms with van der Waals surface area (Å²) in [4.78, 5) is 77.6. The lowest BCUT2D eigenvalue weighted by Crippen LogP contribution is -2.54. The number of piperidine rings is 3. The van der Waals surface area contributed by atoms with E-state index in [4.69, 9.17) is 26.1 Å². The van der Waals surface area contributed by atoms with Gasteiger partial charge in [0.15, 0.2) is 18.2 Å². The summed E-state index contributed by atoms with van der Waals surface area (Å²) in [6.45, 7) is 7.34.